The third-order valence-corrected chi connectivity index (χ3v) is 3.98. The Bertz CT molecular complexity index is 615. The molecule has 22 heavy (non-hydrogen) atoms. The van der Waals surface area contributed by atoms with Crippen LogP contribution in [0.5, 0.6) is 0 Å². The second kappa shape index (κ2) is 6.62. The number of nitrogens with zero attached hydrogens (tertiary/aromatic N) is 1. The molecule has 0 unspecified atom stereocenters. The molecular formula is C18H19NO3. The molecule has 4 nitrogen and oxygen atoms in total. The molecule has 2 atom stereocenters. The number of β-amino-alcohol motifs (C(OH)–C–C–N with tert-alkyl or cyclic N) is 1. The van der Waals surface area contributed by atoms with Crippen LogP contribution in [0.25, 0.3) is 0 Å². The van der Waals surface area contributed by atoms with E-state index in [4.69, 9.17) is 4.74 Å². The van der Waals surface area contributed by atoms with Gasteiger partial charge >= 0.3 is 6.09 Å². The summed E-state index contributed by atoms with van der Waals surface area (Å²) in [5, 5.41) is 10.2. The van der Waals surface area contributed by atoms with Crippen LogP contribution in [-0.4, -0.2) is 35.3 Å². The molecule has 0 aromatic heterocycles. The van der Waals surface area contributed by atoms with Crippen LogP contribution in [0.3, 0.4) is 0 Å². The smallest absolute Gasteiger partial charge is 0.410 e. The van der Waals surface area contributed by atoms with Gasteiger partial charge in [0, 0.05) is 12.5 Å². The molecule has 0 radical (unpaired) electrons. The Balaban J connectivity index is 1.58. The molecule has 114 valence electrons. The monoisotopic (exact) mass is 297 g/mol. The van der Waals surface area contributed by atoms with Gasteiger partial charge in [0.2, 0.25) is 0 Å². The number of aliphatic hydroxyl groups is 1. The zero-order chi connectivity index (χ0) is 15.4. The van der Waals surface area contributed by atoms with E-state index in [2.05, 4.69) is 0 Å². The first kappa shape index (κ1) is 14.6. The Labute approximate surface area is 130 Å². The molecule has 0 aliphatic carbocycles. The average molecular weight is 297 g/mol. The van der Waals surface area contributed by atoms with E-state index in [0.29, 0.717) is 13.1 Å². The maximum absolute atomic E-state index is 12.1. The standard InChI is InChI=1S/C18H19NO3/c20-17-12-19(11-16(17)15-9-5-2-6-10-15)18(21)22-13-14-7-3-1-4-8-14/h1-10,16-17,20H,11-13H2/t16-,17+/m0/s1. The van der Waals surface area contributed by atoms with Gasteiger partial charge in [0.15, 0.2) is 0 Å². The molecule has 0 saturated carbocycles. The van der Waals surface area contributed by atoms with Crippen LogP contribution < -0.4 is 0 Å². The van der Waals surface area contributed by atoms with Crippen molar-refractivity contribution in [1.29, 1.82) is 0 Å². The summed E-state index contributed by atoms with van der Waals surface area (Å²) in [6, 6.07) is 19.4. The molecule has 1 heterocycles. The van der Waals surface area contributed by atoms with E-state index in [-0.39, 0.29) is 18.6 Å². The van der Waals surface area contributed by atoms with E-state index in [9.17, 15) is 9.90 Å². The fraction of sp³-hybridized carbons (Fsp3) is 0.278. The summed E-state index contributed by atoms with van der Waals surface area (Å²) in [5.41, 5.74) is 2.00. The minimum absolute atomic E-state index is 0.0505. The zero-order valence-corrected chi connectivity index (χ0v) is 12.3. The molecule has 1 saturated heterocycles. The number of carbonyl (C=O) groups is 1. The van der Waals surface area contributed by atoms with Gasteiger partial charge in [-0.15, -0.1) is 0 Å². The third-order valence-electron chi connectivity index (χ3n) is 3.98. The van der Waals surface area contributed by atoms with Crippen LogP contribution in [0.2, 0.25) is 0 Å². The molecule has 4 heteroatoms. The highest BCUT2D eigenvalue weighted by Gasteiger charge is 2.35. The average Bonchev–Trinajstić information content (AvgIpc) is 2.96. The van der Waals surface area contributed by atoms with Crippen molar-refractivity contribution in [3.63, 3.8) is 0 Å². The predicted molar refractivity (Wildman–Crippen MR) is 83.4 cm³/mol. The Hall–Kier alpha value is -2.33. The van der Waals surface area contributed by atoms with E-state index in [1.54, 1.807) is 4.90 Å². The second-order valence-corrected chi connectivity index (χ2v) is 5.53. The number of ether oxygens (including phenoxy) is 1. The van der Waals surface area contributed by atoms with E-state index in [1.165, 1.54) is 0 Å². The normalized spacial score (nSPS) is 20.9. The lowest BCUT2D eigenvalue weighted by Crippen LogP contribution is -2.30. The van der Waals surface area contributed by atoms with Crippen LogP contribution in [-0.2, 0) is 11.3 Å². The molecule has 1 aliphatic heterocycles. The quantitative estimate of drug-likeness (QED) is 0.947. The van der Waals surface area contributed by atoms with E-state index >= 15 is 0 Å². The largest absolute Gasteiger partial charge is 0.445 e. The van der Waals surface area contributed by atoms with Gasteiger partial charge in [0.1, 0.15) is 6.61 Å². The lowest BCUT2D eigenvalue weighted by Gasteiger charge is -2.16. The number of hydrogen-bond acceptors (Lipinski definition) is 3. The summed E-state index contributed by atoms with van der Waals surface area (Å²) in [5.74, 6) is -0.0505. The lowest BCUT2D eigenvalue weighted by molar-refractivity contribution is 0.0970. The Morgan fingerprint density at radius 3 is 2.36 bits per heavy atom. The topological polar surface area (TPSA) is 49.8 Å². The van der Waals surface area contributed by atoms with Crippen LogP contribution in [0.15, 0.2) is 60.7 Å². The maximum atomic E-state index is 12.1. The number of likely N-dealkylation sites (tertiary alicyclic amines) is 1. The SMILES string of the molecule is O=C(OCc1ccccc1)N1C[C@@H](O)[C@H](c2ccccc2)C1. The summed E-state index contributed by atoms with van der Waals surface area (Å²) in [6.07, 6.45) is -0.923. The first-order chi connectivity index (χ1) is 10.7. The minimum Gasteiger partial charge on any atom is -0.445 e. The van der Waals surface area contributed by atoms with Crippen LogP contribution in [0, 0.1) is 0 Å². The van der Waals surface area contributed by atoms with Crippen molar-refractivity contribution in [2.45, 2.75) is 18.6 Å². The van der Waals surface area contributed by atoms with Crippen LogP contribution in [0.1, 0.15) is 17.0 Å². The van der Waals surface area contributed by atoms with E-state index in [1.807, 2.05) is 60.7 Å². The van der Waals surface area contributed by atoms with E-state index in [0.717, 1.165) is 11.1 Å². The number of amides is 1. The Kier molecular flexibility index (Phi) is 4.39. The highest BCUT2D eigenvalue weighted by atomic mass is 16.6. The molecule has 3 rings (SSSR count). The van der Waals surface area contributed by atoms with Crippen LogP contribution in [0.4, 0.5) is 4.79 Å². The number of rotatable bonds is 3. The first-order valence-corrected chi connectivity index (χ1v) is 7.42. The van der Waals surface area contributed by atoms with Crippen molar-refractivity contribution in [1.82, 2.24) is 4.90 Å². The highest BCUT2D eigenvalue weighted by Crippen LogP contribution is 2.27. The van der Waals surface area contributed by atoms with Gasteiger partial charge in [-0.2, -0.15) is 0 Å². The Morgan fingerprint density at radius 1 is 1.05 bits per heavy atom. The molecule has 0 spiro atoms. The van der Waals surface area contributed by atoms with Gasteiger partial charge in [0.25, 0.3) is 0 Å². The Morgan fingerprint density at radius 2 is 1.68 bits per heavy atom. The first-order valence-electron chi connectivity index (χ1n) is 7.42. The molecular weight excluding hydrogens is 278 g/mol. The number of hydrogen-bond donors (Lipinski definition) is 1. The van der Waals surface area contributed by atoms with Gasteiger partial charge in [-0.1, -0.05) is 60.7 Å². The number of carbonyl (C=O) groups excluding carboxylic acids is 1. The van der Waals surface area contributed by atoms with Gasteiger partial charge < -0.3 is 14.7 Å². The van der Waals surface area contributed by atoms with Crippen molar-refractivity contribution in [2.75, 3.05) is 13.1 Å². The van der Waals surface area contributed by atoms with Gasteiger partial charge in [-0.25, -0.2) is 4.79 Å². The van der Waals surface area contributed by atoms with Gasteiger partial charge in [-0.05, 0) is 11.1 Å². The summed E-state index contributed by atoms with van der Waals surface area (Å²) >= 11 is 0. The molecule has 1 amide bonds. The summed E-state index contributed by atoms with van der Waals surface area (Å²) in [7, 11) is 0. The molecule has 1 N–H and O–H groups in total. The fourth-order valence-electron chi connectivity index (χ4n) is 2.77. The van der Waals surface area contributed by atoms with Crippen LogP contribution >= 0.6 is 0 Å². The summed E-state index contributed by atoms with van der Waals surface area (Å²) in [4.78, 5) is 13.7. The van der Waals surface area contributed by atoms with Gasteiger partial charge in [-0.3, -0.25) is 0 Å². The zero-order valence-electron chi connectivity index (χ0n) is 12.3. The molecule has 2 aromatic carbocycles. The summed E-state index contributed by atoms with van der Waals surface area (Å²) in [6.45, 7) is 1.05. The van der Waals surface area contributed by atoms with Crippen molar-refractivity contribution in [3.05, 3.63) is 71.8 Å². The van der Waals surface area contributed by atoms with Crippen molar-refractivity contribution in [3.8, 4) is 0 Å². The highest BCUT2D eigenvalue weighted by molar-refractivity contribution is 5.68. The van der Waals surface area contributed by atoms with Crippen molar-refractivity contribution >= 4 is 6.09 Å². The molecule has 1 aliphatic rings. The minimum atomic E-state index is -0.549. The van der Waals surface area contributed by atoms with Gasteiger partial charge in [0.05, 0.1) is 12.6 Å². The predicted octanol–water partition coefficient (Wildman–Crippen LogP) is 2.78. The lowest BCUT2D eigenvalue weighted by atomic mass is 9.96. The summed E-state index contributed by atoms with van der Waals surface area (Å²) < 4.78 is 5.32. The fourth-order valence-corrected chi connectivity index (χ4v) is 2.77. The number of aliphatic hydroxyl groups excluding tert-OH is 1. The second-order valence-electron chi connectivity index (χ2n) is 5.53. The molecule has 0 bridgehead atoms. The third kappa shape index (κ3) is 3.28. The van der Waals surface area contributed by atoms with Crippen molar-refractivity contribution in [2.24, 2.45) is 0 Å². The van der Waals surface area contributed by atoms with Crippen molar-refractivity contribution < 1.29 is 14.6 Å². The maximum Gasteiger partial charge on any atom is 0.410 e. The van der Waals surface area contributed by atoms with E-state index < -0.39 is 6.10 Å². The number of benzene rings is 2. The molecule has 2 aromatic rings. The molecule has 1 fully saturated rings.